The van der Waals surface area contributed by atoms with E-state index in [2.05, 4.69) is 14.9 Å². The monoisotopic (exact) mass is 251 g/mol. The predicted molar refractivity (Wildman–Crippen MR) is 65.8 cm³/mol. The number of ether oxygens (including phenoxy) is 1. The van der Waals surface area contributed by atoms with Crippen LogP contribution in [0, 0.1) is 5.92 Å². The van der Waals surface area contributed by atoms with Gasteiger partial charge in [-0.05, 0) is 18.8 Å². The highest BCUT2D eigenvalue weighted by Crippen LogP contribution is 2.23. The summed E-state index contributed by atoms with van der Waals surface area (Å²) in [6.07, 6.45) is 3.66. The van der Waals surface area contributed by atoms with Crippen molar-refractivity contribution in [1.29, 1.82) is 0 Å². The van der Waals surface area contributed by atoms with E-state index in [0.29, 0.717) is 11.8 Å². The first kappa shape index (κ1) is 12.6. The van der Waals surface area contributed by atoms with E-state index in [1.807, 2.05) is 0 Å². The third-order valence-corrected chi connectivity index (χ3v) is 3.19. The summed E-state index contributed by atoms with van der Waals surface area (Å²) in [5.74, 6) is 0.756. The van der Waals surface area contributed by atoms with E-state index in [9.17, 15) is 4.79 Å². The molecule has 0 aromatic carbocycles. The number of hydrogen-bond donors (Lipinski definition) is 1. The summed E-state index contributed by atoms with van der Waals surface area (Å²) in [5, 5.41) is 8.76. The molecule has 98 valence electrons. The number of rotatable bonds is 4. The lowest BCUT2D eigenvalue weighted by molar-refractivity contribution is -0.138. The Morgan fingerprint density at radius 2 is 2.28 bits per heavy atom. The molecule has 0 radical (unpaired) electrons. The molecule has 1 aliphatic rings. The minimum absolute atomic E-state index is 0.257. The maximum absolute atomic E-state index is 10.6. The van der Waals surface area contributed by atoms with E-state index in [-0.39, 0.29) is 12.3 Å². The van der Waals surface area contributed by atoms with E-state index in [1.165, 1.54) is 0 Å². The highest BCUT2D eigenvalue weighted by molar-refractivity contribution is 5.67. The van der Waals surface area contributed by atoms with Crippen LogP contribution in [-0.2, 0) is 4.79 Å². The molecular weight excluding hydrogens is 234 g/mol. The molecule has 18 heavy (non-hydrogen) atoms. The molecule has 1 aromatic heterocycles. The third kappa shape index (κ3) is 3.09. The molecule has 0 bridgehead atoms. The zero-order chi connectivity index (χ0) is 13.0. The van der Waals surface area contributed by atoms with Crippen molar-refractivity contribution in [3.63, 3.8) is 0 Å². The lowest BCUT2D eigenvalue weighted by Crippen LogP contribution is -2.35. The molecule has 0 amide bonds. The lowest BCUT2D eigenvalue weighted by Gasteiger charge is -2.31. The molecule has 1 aromatic rings. The van der Waals surface area contributed by atoms with Crippen LogP contribution in [-0.4, -0.2) is 41.2 Å². The molecule has 1 saturated heterocycles. The van der Waals surface area contributed by atoms with Crippen molar-refractivity contribution in [1.82, 2.24) is 9.97 Å². The smallest absolute Gasteiger partial charge is 0.303 e. The van der Waals surface area contributed by atoms with Crippen LogP contribution in [0.3, 0.4) is 0 Å². The van der Waals surface area contributed by atoms with E-state index in [0.717, 1.165) is 25.9 Å². The molecule has 0 atom stereocenters. The van der Waals surface area contributed by atoms with Gasteiger partial charge in [-0.2, -0.15) is 4.98 Å². The summed E-state index contributed by atoms with van der Waals surface area (Å²) in [7, 11) is 1.57. The van der Waals surface area contributed by atoms with Gasteiger partial charge in [-0.15, -0.1) is 0 Å². The quantitative estimate of drug-likeness (QED) is 0.866. The third-order valence-electron chi connectivity index (χ3n) is 3.19. The van der Waals surface area contributed by atoms with Gasteiger partial charge >= 0.3 is 5.97 Å². The minimum atomic E-state index is -0.717. The number of hydrogen-bond acceptors (Lipinski definition) is 5. The summed E-state index contributed by atoms with van der Waals surface area (Å²) >= 11 is 0. The second-order valence-corrected chi connectivity index (χ2v) is 4.43. The molecular formula is C12H17N3O3. The number of carbonyl (C=O) groups is 1. The first-order valence-electron chi connectivity index (χ1n) is 6.03. The number of carboxylic acid groups (broad SMARTS) is 1. The van der Waals surface area contributed by atoms with Crippen LogP contribution in [0.1, 0.15) is 19.3 Å². The molecule has 2 rings (SSSR count). The van der Waals surface area contributed by atoms with Gasteiger partial charge in [0, 0.05) is 31.8 Å². The van der Waals surface area contributed by atoms with Gasteiger partial charge in [0.25, 0.3) is 0 Å². The van der Waals surface area contributed by atoms with Gasteiger partial charge in [0.05, 0.1) is 7.11 Å². The topological polar surface area (TPSA) is 75.5 Å². The molecule has 1 fully saturated rings. The van der Waals surface area contributed by atoms with Crippen LogP contribution >= 0.6 is 0 Å². The first-order valence-corrected chi connectivity index (χ1v) is 6.03. The van der Waals surface area contributed by atoms with Crippen molar-refractivity contribution in [3.05, 3.63) is 12.3 Å². The molecule has 0 unspecified atom stereocenters. The average Bonchev–Trinajstić information content (AvgIpc) is 2.39. The van der Waals surface area contributed by atoms with Crippen molar-refractivity contribution in [2.24, 2.45) is 5.92 Å². The number of anilines is 1. The van der Waals surface area contributed by atoms with Gasteiger partial charge in [-0.25, -0.2) is 4.98 Å². The average molecular weight is 251 g/mol. The fourth-order valence-corrected chi connectivity index (χ4v) is 2.18. The Bertz CT molecular complexity index is 417. The maximum Gasteiger partial charge on any atom is 0.303 e. The predicted octanol–water partition coefficient (Wildman–Crippen LogP) is 1.18. The van der Waals surface area contributed by atoms with Crippen molar-refractivity contribution >= 4 is 11.9 Å². The van der Waals surface area contributed by atoms with Crippen LogP contribution in [0.4, 0.5) is 5.95 Å². The van der Waals surface area contributed by atoms with E-state index in [1.54, 1.807) is 19.4 Å². The van der Waals surface area contributed by atoms with Gasteiger partial charge in [0.15, 0.2) is 0 Å². The Kier molecular flexibility index (Phi) is 3.96. The zero-order valence-corrected chi connectivity index (χ0v) is 10.4. The van der Waals surface area contributed by atoms with Crippen molar-refractivity contribution < 1.29 is 14.6 Å². The van der Waals surface area contributed by atoms with Crippen molar-refractivity contribution in [3.8, 4) is 5.88 Å². The Balaban J connectivity index is 1.94. The van der Waals surface area contributed by atoms with Crippen LogP contribution < -0.4 is 9.64 Å². The molecule has 0 aliphatic carbocycles. The molecule has 1 N–H and O–H groups in total. The van der Waals surface area contributed by atoms with Crippen LogP contribution in [0.25, 0.3) is 0 Å². The van der Waals surface area contributed by atoms with Crippen molar-refractivity contribution in [2.75, 3.05) is 25.1 Å². The van der Waals surface area contributed by atoms with Crippen molar-refractivity contribution in [2.45, 2.75) is 19.3 Å². The Morgan fingerprint density at radius 1 is 1.56 bits per heavy atom. The molecule has 0 saturated carbocycles. The SMILES string of the molecule is COc1ccnc(N2CCC(CC(=O)O)CC2)n1. The summed E-state index contributed by atoms with van der Waals surface area (Å²) in [6.45, 7) is 1.59. The number of methoxy groups -OCH3 is 1. The number of piperidine rings is 1. The van der Waals surface area contributed by atoms with Gasteiger partial charge in [-0.3, -0.25) is 4.79 Å². The highest BCUT2D eigenvalue weighted by Gasteiger charge is 2.22. The second-order valence-electron chi connectivity index (χ2n) is 4.43. The van der Waals surface area contributed by atoms with E-state index >= 15 is 0 Å². The fourth-order valence-electron chi connectivity index (χ4n) is 2.18. The van der Waals surface area contributed by atoms with Gasteiger partial charge in [-0.1, -0.05) is 0 Å². The second kappa shape index (κ2) is 5.66. The molecule has 0 spiro atoms. The summed E-state index contributed by atoms with van der Waals surface area (Å²) in [6, 6.07) is 1.71. The van der Waals surface area contributed by atoms with Gasteiger partial charge in [0.1, 0.15) is 0 Å². The largest absolute Gasteiger partial charge is 0.481 e. The standard InChI is InChI=1S/C12H17N3O3/c1-18-10-2-5-13-12(14-10)15-6-3-9(4-7-15)8-11(16)17/h2,5,9H,3-4,6-8H2,1H3,(H,16,17). The zero-order valence-electron chi connectivity index (χ0n) is 10.4. The Labute approximate surface area is 106 Å². The molecule has 2 heterocycles. The number of aliphatic carboxylic acids is 1. The lowest BCUT2D eigenvalue weighted by atomic mass is 9.94. The Hall–Kier alpha value is -1.85. The van der Waals surface area contributed by atoms with Crippen LogP contribution in [0.2, 0.25) is 0 Å². The first-order chi connectivity index (χ1) is 8.69. The summed E-state index contributed by atoms with van der Waals surface area (Å²) < 4.78 is 5.06. The Morgan fingerprint density at radius 3 is 2.89 bits per heavy atom. The summed E-state index contributed by atoms with van der Waals surface area (Å²) in [4.78, 5) is 21.2. The normalized spacial score (nSPS) is 16.6. The maximum atomic E-state index is 10.6. The minimum Gasteiger partial charge on any atom is -0.481 e. The van der Waals surface area contributed by atoms with Gasteiger partial charge < -0.3 is 14.7 Å². The number of aromatic nitrogens is 2. The highest BCUT2D eigenvalue weighted by atomic mass is 16.5. The molecule has 6 nitrogen and oxygen atoms in total. The number of carboxylic acids is 1. The van der Waals surface area contributed by atoms with Crippen LogP contribution in [0.15, 0.2) is 12.3 Å². The number of nitrogens with zero attached hydrogens (tertiary/aromatic N) is 3. The van der Waals surface area contributed by atoms with Crippen LogP contribution in [0.5, 0.6) is 5.88 Å². The van der Waals surface area contributed by atoms with E-state index in [4.69, 9.17) is 9.84 Å². The fraction of sp³-hybridized carbons (Fsp3) is 0.583. The molecule has 1 aliphatic heterocycles. The molecule has 6 heteroatoms. The van der Waals surface area contributed by atoms with Gasteiger partial charge in [0.2, 0.25) is 11.8 Å². The van der Waals surface area contributed by atoms with E-state index < -0.39 is 5.97 Å². The summed E-state index contributed by atoms with van der Waals surface area (Å²) in [5.41, 5.74) is 0.